The van der Waals surface area contributed by atoms with Crippen LogP contribution in [0.1, 0.15) is 60.3 Å². The minimum absolute atomic E-state index is 0.292. The highest BCUT2D eigenvalue weighted by Gasteiger charge is 2.41. The molecule has 0 radical (unpaired) electrons. The molecule has 0 amide bonds. The molecule has 0 nitrogen and oxygen atoms in total. The monoisotopic (exact) mass is 284 g/mol. The zero-order valence-corrected chi connectivity index (χ0v) is 12.8. The van der Waals surface area contributed by atoms with E-state index in [-0.39, 0.29) is 0 Å². The van der Waals surface area contributed by atoms with Crippen molar-refractivity contribution >= 4 is 0 Å². The number of rotatable bonds is 8. The Morgan fingerprint density at radius 2 is 1.58 bits per heavy atom. The lowest BCUT2D eigenvalue weighted by Gasteiger charge is -2.33. The fourth-order valence-corrected chi connectivity index (χ4v) is 2.30. The predicted molar refractivity (Wildman–Crippen MR) is 71.8 cm³/mol. The zero-order chi connectivity index (χ0) is 15.3. The van der Waals surface area contributed by atoms with Crippen LogP contribution in [-0.4, -0.2) is 12.9 Å². The molecule has 0 aliphatic heterocycles. The Kier molecular flexibility index (Phi) is 7.38. The second-order valence-corrected chi connectivity index (χ2v) is 6.51. The van der Waals surface area contributed by atoms with Gasteiger partial charge >= 0.3 is 6.18 Å². The maximum atomic E-state index is 13.2. The Bertz CT molecular complexity index is 249. The molecule has 0 N–H and O–H groups in total. The molecule has 0 bridgehead atoms. The van der Waals surface area contributed by atoms with Gasteiger partial charge in [-0.2, -0.15) is 13.2 Å². The first-order valence-corrected chi connectivity index (χ1v) is 7.18. The Balaban J connectivity index is 4.52. The summed E-state index contributed by atoms with van der Waals surface area (Å²) in [6.07, 6.45) is -1.33. The maximum absolute atomic E-state index is 13.2. The lowest BCUT2D eigenvalue weighted by Crippen LogP contribution is -2.31. The van der Waals surface area contributed by atoms with Gasteiger partial charge < -0.3 is 0 Å². The van der Waals surface area contributed by atoms with Crippen molar-refractivity contribution in [3.63, 3.8) is 0 Å². The lowest BCUT2D eigenvalue weighted by atomic mass is 9.74. The first-order chi connectivity index (χ1) is 8.55. The van der Waals surface area contributed by atoms with E-state index in [4.69, 9.17) is 0 Å². The van der Waals surface area contributed by atoms with Crippen LogP contribution in [0.4, 0.5) is 17.6 Å². The summed E-state index contributed by atoms with van der Waals surface area (Å²) in [6.45, 7) is 8.17. The van der Waals surface area contributed by atoms with Gasteiger partial charge in [0.05, 0.1) is 12.6 Å². The van der Waals surface area contributed by atoms with Gasteiger partial charge in [-0.15, -0.1) is 0 Å². The van der Waals surface area contributed by atoms with Crippen LogP contribution in [0, 0.1) is 23.2 Å². The SMILES string of the molecule is CCC(C)CCC(C)(CF)CC(C)C(C)C(F)(F)F. The predicted octanol–water partition coefficient (Wildman–Crippen LogP) is 6.01. The highest BCUT2D eigenvalue weighted by atomic mass is 19.4. The third-order valence-corrected chi connectivity index (χ3v) is 4.44. The van der Waals surface area contributed by atoms with E-state index in [1.54, 1.807) is 13.8 Å². The molecular formula is C15H28F4. The van der Waals surface area contributed by atoms with Gasteiger partial charge in [0.25, 0.3) is 0 Å². The summed E-state index contributed by atoms with van der Waals surface area (Å²) < 4.78 is 51.2. The first-order valence-electron chi connectivity index (χ1n) is 7.18. The van der Waals surface area contributed by atoms with E-state index in [1.165, 1.54) is 6.92 Å². The molecule has 4 atom stereocenters. The summed E-state index contributed by atoms with van der Waals surface area (Å²) in [6, 6.07) is 0. The average molecular weight is 284 g/mol. The van der Waals surface area contributed by atoms with Gasteiger partial charge in [0.1, 0.15) is 0 Å². The summed E-state index contributed by atoms with van der Waals surface area (Å²) in [5.41, 5.74) is -0.623. The molecule has 0 aromatic rings. The van der Waals surface area contributed by atoms with Crippen LogP contribution in [0.15, 0.2) is 0 Å². The minimum atomic E-state index is -4.19. The molecule has 0 aromatic heterocycles. The Hall–Kier alpha value is -0.280. The smallest absolute Gasteiger partial charge is 0.251 e. The average Bonchev–Trinajstić information content (AvgIpc) is 2.33. The fourth-order valence-electron chi connectivity index (χ4n) is 2.30. The van der Waals surface area contributed by atoms with E-state index < -0.39 is 30.1 Å². The van der Waals surface area contributed by atoms with Crippen molar-refractivity contribution in [2.45, 2.75) is 66.5 Å². The highest BCUT2D eigenvalue weighted by molar-refractivity contribution is 4.80. The van der Waals surface area contributed by atoms with Crippen LogP contribution in [0.25, 0.3) is 0 Å². The molecule has 0 fully saturated rings. The van der Waals surface area contributed by atoms with Crippen molar-refractivity contribution in [3.8, 4) is 0 Å². The summed E-state index contributed by atoms with van der Waals surface area (Å²) in [4.78, 5) is 0. The normalized spacial score (nSPS) is 20.7. The van der Waals surface area contributed by atoms with E-state index in [2.05, 4.69) is 13.8 Å². The van der Waals surface area contributed by atoms with Gasteiger partial charge in [-0.1, -0.05) is 47.5 Å². The van der Waals surface area contributed by atoms with Gasteiger partial charge in [-0.25, -0.2) is 0 Å². The molecule has 0 heterocycles. The van der Waals surface area contributed by atoms with Gasteiger partial charge in [0.15, 0.2) is 0 Å². The summed E-state index contributed by atoms with van der Waals surface area (Å²) in [5.74, 6) is -1.42. The van der Waals surface area contributed by atoms with Gasteiger partial charge in [0, 0.05) is 0 Å². The molecule has 116 valence electrons. The molecule has 0 saturated heterocycles. The summed E-state index contributed by atoms with van der Waals surface area (Å²) in [5, 5.41) is 0. The molecule has 0 aliphatic rings. The third kappa shape index (κ3) is 6.62. The van der Waals surface area contributed by atoms with Crippen LogP contribution in [0.2, 0.25) is 0 Å². The van der Waals surface area contributed by atoms with Crippen LogP contribution < -0.4 is 0 Å². The van der Waals surface area contributed by atoms with Crippen molar-refractivity contribution in [1.82, 2.24) is 0 Å². The largest absolute Gasteiger partial charge is 0.391 e. The number of hydrogen-bond donors (Lipinski definition) is 0. The Labute approximate surface area is 115 Å². The highest BCUT2D eigenvalue weighted by Crippen LogP contribution is 2.40. The standard InChI is InChI=1S/C15H28F4/c1-6-11(2)7-8-14(5,10-16)9-12(3)13(4)15(17,18)19/h11-13H,6-10H2,1-5H3. The van der Waals surface area contributed by atoms with Gasteiger partial charge in [0.2, 0.25) is 0 Å². The van der Waals surface area contributed by atoms with Crippen molar-refractivity contribution in [2.75, 3.05) is 6.67 Å². The molecule has 0 saturated carbocycles. The lowest BCUT2D eigenvalue weighted by molar-refractivity contribution is -0.184. The van der Waals surface area contributed by atoms with Crippen molar-refractivity contribution in [3.05, 3.63) is 0 Å². The second kappa shape index (κ2) is 7.49. The van der Waals surface area contributed by atoms with E-state index in [9.17, 15) is 17.6 Å². The number of hydrogen-bond acceptors (Lipinski definition) is 0. The molecule has 19 heavy (non-hydrogen) atoms. The minimum Gasteiger partial charge on any atom is -0.251 e. The van der Waals surface area contributed by atoms with Crippen LogP contribution in [0.5, 0.6) is 0 Å². The molecule has 0 rings (SSSR count). The fraction of sp³-hybridized carbons (Fsp3) is 1.00. The molecule has 4 unspecified atom stereocenters. The topological polar surface area (TPSA) is 0 Å². The summed E-state index contributed by atoms with van der Waals surface area (Å²) >= 11 is 0. The molecule has 0 aliphatic carbocycles. The second-order valence-electron chi connectivity index (χ2n) is 6.51. The van der Waals surface area contributed by atoms with Crippen molar-refractivity contribution in [1.29, 1.82) is 0 Å². The number of halogens is 4. The number of alkyl halides is 4. The Morgan fingerprint density at radius 3 is 1.95 bits per heavy atom. The summed E-state index contributed by atoms with van der Waals surface area (Å²) in [7, 11) is 0. The van der Waals surface area contributed by atoms with Crippen LogP contribution in [0.3, 0.4) is 0 Å². The van der Waals surface area contributed by atoms with E-state index in [0.29, 0.717) is 18.8 Å². The van der Waals surface area contributed by atoms with Crippen molar-refractivity contribution < 1.29 is 17.6 Å². The van der Waals surface area contributed by atoms with Crippen LogP contribution >= 0.6 is 0 Å². The van der Waals surface area contributed by atoms with E-state index >= 15 is 0 Å². The third-order valence-electron chi connectivity index (χ3n) is 4.44. The van der Waals surface area contributed by atoms with Gasteiger partial charge in [-0.3, -0.25) is 4.39 Å². The zero-order valence-electron chi connectivity index (χ0n) is 12.8. The molecular weight excluding hydrogens is 256 g/mol. The van der Waals surface area contributed by atoms with E-state index in [1.807, 2.05) is 0 Å². The van der Waals surface area contributed by atoms with Crippen LogP contribution in [-0.2, 0) is 0 Å². The Morgan fingerprint density at radius 1 is 1.05 bits per heavy atom. The first kappa shape index (κ1) is 18.7. The maximum Gasteiger partial charge on any atom is 0.391 e. The van der Waals surface area contributed by atoms with Gasteiger partial charge in [-0.05, 0) is 30.1 Å². The van der Waals surface area contributed by atoms with Crippen molar-refractivity contribution in [2.24, 2.45) is 23.2 Å². The molecule has 4 heteroatoms. The molecule has 0 aromatic carbocycles. The quantitative estimate of drug-likeness (QED) is 0.478. The van der Waals surface area contributed by atoms with E-state index in [0.717, 1.165) is 12.8 Å². The molecule has 0 spiro atoms.